The van der Waals surface area contributed by atoms with Gasteiger partial charge in [0.1, 0.15) is 10.8 Å². The van der Waals surface area contributed by atoms with Gasteiger partial charge in [0.25, 0.3) is 0 Å². The first-order valence-corrected chi connectivity index (χ1v) is 8.95. The Bertz CT molecular complexity index is 854. The van der Waals surface area contributed by atoms with Gasteiger partial charge in [-0.15, -0.1) is 0 Å². The first-order chi connectivity index (χ1) is 11.8. The maximum Gasteiger partial charge on any atom is 0.497 e. The molecule has 0 saturated carbocycles. The highest BCUT2D eigenvalue weighted by Gasteiger charge is 2.52. The van der Waals surface area contributed by atoms with Gasteiger partial charge in [0.15, 0.2) is 5.65 Å². The Kier molecular flexibility index (Phi) is 4.41. The average molecular weight is 379 g/mol. The lowest BCUT2D eigenvalue weighted by molar-refractivity contribution is 0.00578. The second-order valence-electron chi connectivity index (χ2n) is 8.53. The van der Waals surface area contributed by atoms with Gasteiger partial charge >= 0.3 is 13.2 Å². The maximum atomic E-state index is 12.6. The van der Waals surface area contributed by atoms with Crippen LogP contribution < -0.4 is 5.46 Å². The van der Waals surface area contributed by atoms with Gasteiger partial charge in [-0.25, -0.2) is 14.3 Å². The van der Waals surface area contributed by atoms with Crippen LogP contribution in [0.1, 0.15) is 48.5 Å². The smallest absolute Gasteiger partial charge is 0.443 e. The molecule has 0 spiro atoms. The van der Waals surface area contributed by atoms with E-state index in [0.29, 0.717) is 16.3 Å². The van der Waals surface area contributed by atoms with E-state index in [0.717, 1.165) is 5.39 Å². The molecule has 0 aromatic carbocycles. The number of hydrogen-bond acceptors (Lipinski definition) is 5. The van der Waals surface area contributed by atoms with Crippen LogP contribution in [0, 0.1) is 0 Å². The third-order valence-corrected chi connectivity index (χ3v) is 4.96. The first-order valence-electron chi connectivity index (χ1n) is 8.57. The summed E-state index contributed by atoms with van der Waals surface area (Å²) in [6, 6.07) is 3.49. The molecule has 0 N–H and O–H groups in total. The molecular weight excluding hydrogens is 354 g/mol. The predicted octanol–water partition coefficient (Wildman–Crippen LogP) is 3.77. The zero-order valence-electron chi connectivity index (χ0n) is 16.2. The number of ether oxygens (including phenoxy) is 1. The molecule has 3 heterocycles. The fourth-order valence-electron chi connectivity index (χ4n) is 2.71. The maximum absolute atomic E-state index is 12.6. The largest absolute Gasteiger partial charge is 0.497 e. The van der Waals surface area contributed by atoms with Crippen LogP contribution in [-0.2, 0) is 14.0 Å². The monoisotopic (exact) mass is 378 g/mol. The van der Waals surface area contributed by atoms with Gasteiger partial charge < -0.3 is 14.0 Å². The second-order valence-corrected chi connectivity index (χ2v) is 8.92. The Hall–Kier alpha value is -1.57. The van der Waals surface area contributed by atoms with Crippen LogP contribution in [-0.4, -0.2) is 39.6 Å². The van der Waals surface area contributed by atoms with E-state index in [1.165, 1.54) is 4.57 Å². The van der Waals surface area contributed by atoms with Gasteiger partial charge in [-0.2, -0.15) is 0 Å². The Balaban J connectivity index is 2.09. The molecule has 8 heteroatoms. The summed E-state index contributed by atoms with van der Waals surface area (Å²) in [7, 11) is -0.617. The lowest BCUT2D eigenvalue weighted by Crippen LogP contribution is -2.41. The number of carbonyl (C=O) groups excluding carboxylic acids is 1. The molecule has 0 atom stereocenters. The standard InChI is InChI=1S/C18H24BClN2O4/c1-16(2,3)24-15(23)22-10-12(11-8-9-13(20)21-14(11)22)19-25-17(4,5)18(6,7)26-19/h8-10H,1-7H3. The normalized spacial score (nSPS) is 19.2. The summed E-state index contributed by atoms with van der Waals surface area (Å²) in [5.41, 5.74) is -0.475. The van der Waals surface area contributed by atoms with Crippen molar-refractivity contribution >= 4 is 41.3 Å². The van der Waals surface area contributed by atoms with Crippen LogP contribution in [0.4, 0.5) is 4.79 Å². The molecule has 0 aliphatic carbocycles. The molecular formula is C18H24BClN2O4. The van der Waals surface area contributed by atoms with Gasteiger partial charge in [-0.3, -0.25) is 0 Å². The van der Waals surface area contributed by atoms with Gasteiger partial charge in [-0.05, 0) is 60.6 Å². The lowest BCUT2D eigenvalue weighted by atomic mass is 9.79. The van der Waals surface area contributed by atoms with Crippen LogP contribution in [0.3, 0.4) is 0 Å². The van der Waals surface area contributed by atoms with Crippen molar-refractivity contribution in [1.29, 1.82) is 0 Å². The minimum Gasteiger partial charge on any atom is -0.443 e. The molecule has 1 aliphatic rings. The molecule has 1 saturated heterocycles. The lowest BCUT2D eigenvalue weighted by Gasteiger charge is -2.32. The third-order valence-electron chi connectivity index (χ3n) is 4.75. The number of aromatic nitrogens is 2. The molecule has 0 unspecified atom stereocenters. The van der Waals surface area contributed by atoms with Crippen LogP contribution in [0.2, 0.25) is 5.15 Å². The van der Waals surface area contributed by atoms with E-state index in [-0.39, 0.29) is 0 Å². The van der Waals surface area contributed by atoms with Crippen molar-refractivity contribution < 1.29 is 18.8 Å². The molecule has 2 aromatic rings. The molecule has 6 nitrogen and oxygen atoms in total. The molecule has 1 aliphatic heterocycles. The highest BCUT2D eigenvalue weighted by atomic mass is 35.5. The van der Waals surface area contributed by atoms with Gasteiger partial charge in [0.05, 0.1) is 11.2 Å². The molecule has 140 valence electrons. The van der Waals surface area contributed by atoms with E-state index in [1.807, 2.05) is 54.5 Å². The van der Waals surface area contributed by atoms with Gasteiger partial charge in [0, 0.05) is 17.0 Å². The zero-order valence-corrected chi connectivity index (χ0v) is 17.0. The van der Waals surface area contributed by atoms with E-state index < -0.39 is 30.0 Å². The minimum atomic E-state index is -0.628. The van der Waals surface area contributed by atoms with Crippen molar-refractivity contribution in [3.05, 3.63) is 23.5 Å². The summed E-state index contributed by atoms with van der Waals surface area (Å²) < 4.78 is 19.1. The Morgan fingerprint density at radius 3 is 2.31 bits per heavy atom. The SMILES string of the molecule is CC(C)(C)OC(=O)n1cc(B2OC(C)(C)C(C)(C)O2)c2ccc(Cl)nc21. The summed E-state index contributed by atoms with van der Waals surface area (Å²) >= 11 is 6.05. The van der Waals surface area contributed by atoms with Crippen LogP contribution in [0.5, 0.6) is 0 Å². The highest BCUT2D eigenvalue weighted by Crippen LogP contribution is 2.37. The van der Waals surface area contributed by atoms with Crippen molar-refractivity contribution in [2.75, 3.05) is 0 Å². The summed E-state index contributed by atoms with van der Waals surface area (Å²) in [5, 5.41) is 1.03. The topological polar surface area (TPSA) is 62.6 Å². The van der Waals surface area contributed by atoms with E-state index in [4.69, 9.17) is 25.6 Å². The van der Waals surface area contributed by atoms with Crippen LogP contribution in [0.25, 0.3) is 11.0 Å². The summed E-state index contributed by atoms with van der Waals surface area (Å²) in [6.45, 7) is 13.4. The van der Waals surface area contributed by atoms with Crippen molar-refractivity contribution in [1.82, 2.24) is 9.55 Å². The fraction of sp³-hybridized carbons (Fsp3) is 0.556. The molecule has 3 rings (SSSR count). The number of fused-ring (bicyclic) bond motifs is 1. The van der Waals surface area contributed by atoms with Crippen LogP contribution >= 0.6 is 11.6 Å². The number of nitrogens with zero attached hydrogens (tertiary/aromatic N) is 2. The van der Waals surface area contributed by atoms with Crippen molar-refractivity contribution in [2.24, 2.45) is 0 Å². The van der Waals surface area contributed by atoms with Gasteiger partial charge in [-0.1, -0.05) is 11.6 Å². The number of rotatable bonds is 1. The predicted molar refractivity (Wildman–Crippen MR) is 102 cm³/mol. The second kappa shape index (κ2) is 5.97. The summed E-state index contributed by atoms with van der Waals surface area (Å²) in [6.07, 6.45) is 1.13. The number of halogens is 1. The molecule has 0 bridgehead atoms. The molecule has 2 aromatic heterocycles. The van der Waals surface area contributed by atoms with Crippen molar-refractivity contribution in [3.8, 4) is 0 Å². The highest BCUT2D eigenvalue weighted by molar-refractivity contribution is 6.65. The minimum absolute atomic E-state index is 0.292. The number of pyridine rings is 1. The van der Waals surface area contributed by atoms with Gasteiger partial charge in [0.2, 0.25) is 0 Å². The number of carbonyl (C=O) groups is 1. The molecule has 26 heavy (non-hydrogen) atoms. The Labute approximate surface area is 158 Å². The molecule has 0 radical (unpaired) electrons. The van der Waals surface area contributed by atoms with E-state index >= 15 is 0 Å². The third kappa shape index (κ3) is 3.35. The first kappa shape index (κ1) is 19.2. The number of hydrogen-bond donors (Lipinski definition) is 0. The van der Waals surface area contributed by atoms with Crippen LogP contribution in [0.15, 0.2) is 18.3 Å². The van der Waals surface area contributed by atoms with Crippen molar-refractivity contribution in [3.63, 3.8) is 0 Å². The molecule has 0 amide bonds. The van der Waals surface area contributed by atoms with E-state index in [1.54, 1.807) is 12.3 Å². The zero-order chi connectivity index (χ0) is 19.5. The summed E-state index contributed by atoms with van der Waals surface area (Å²) in [5.74, 6) is 0. The molecule has 1 fully saturated rings. The Morgan fingerprint density at radius 1 is 1.19 bits per heavy atom. The van der Waals surface area contributed by atoms with Crippen molar-refractivity contribution in [2.45, 2.75) is 65.3 Å². The Morgan fingerprint density at radius 2 is 1.77 bits per heavy atom. The van der Waals surface area contributed by atoms with E-state index in [9.17, 15) is 4.79 Å². The quantitative estimate of drug-likeness (QED) is 0.558. The fourth-order valence-corrected chi connectivity index (χ4v) is 2.86. The average Bonchev–Trinajstić information content (AvgIpc) is 2.91. The summed E-state index contributed by atoms with van der Waals surface area (Å²) in [4.78, 5) is 17.0. The van der Waals surface area contributed by atoms with E-state index in [2.05, 4.69) is 4.98 Å².